The van der Waals surface area contributed by atoms with E-state index in [0.29, 0.717) is 37.8 Å². The summed E-state index contributed by atoms with van der Waals surface area (Å²) in [5, 5.41) is 12.6. The van der Waals surface area contributed by atoms with Crippen LogP contribution in [-0.4, -0.2) is 86.2 Å². The van der Waals surface area contributed by atoms with E-state index in [0.717, 1.165) is 21.5 Å². The first-order valence-electron chi connectivity index (χ1n) is 10.7. The zero-order chi connectivity index (χ0) is 23.4. The van der Waals surface area contributed by atoms with Gasteiger partial charge >= 0.3 is 0 Å². The van der Waals surface area contributed by atoms with E-state index in [-0.39, 0.29) is 11.8 Å². The van der Waals surface area contributed by atoms with Crippen LogP contribution in [-0.2, 0) is 9.59 Å². The van der Waals surface area contributed by atoms with Gasteiger partial charge in [0.05, 0.1) is 0 Å². The lowest BCUT2D eigenvalue weighted by atomic mass is 10.0. The Balaban J connectivity index is 2.24. The molecule has 0 radical (unpaired) electrons. The lowest BCUT2D eigenvalue weighted by molar-refractivity contribution is -0.117. The second-order valence-corrected chi connectivity index (χ2v) is 8.54. The summed E-state index contributed by atoms with van der Waals surface area (Å²) < 4.78 is 0. The highest BCUT2D eigenvalue weighted by atomic mass is 16.2. The van der Waals surface area contributed by atoms with Gasteiger partial charge in [-0.15, -0.1) is 10.2 Å². The number of benzene rings is 2. The summed E-state index contributed by atoms with van der Waals surface area (Å²) in [6.45, 7) is 5.46. The normalized spacial score (nSPS) is 11.5. The quantitative estimate of drug-likeness (QED) is 0.506. The number of nitrogens with zero attached hydrogens (tertiary/aromatic N) is 6. The molecule has 8 nitrogen and oxygen atoms in total. The topological polar surface area (TPSA) is 72.9 Å². The second-order valence-electron chi connectivity index (χ2n) is 8.54. The fourth-order valence-corrected chi connectivity index (χ4v) is 3.64. The van der Waals surface area contributed by atoms with Crippen molar-refractivity contribution in [3.8, 4) is 0 Å². The molecule has 2 aromatic carbocycles. The maximum atomic E-state index is 12.5. The molecule has 0 fully saturated rings. The maximum absolute atomic E-state index is 12.5. The summed E-state index contributed by atoms with van der Waals surface area (Å²) in [6, 6.07) is 12.1. The van der Waals surface area contributed by atoms with Gasteiger partial charge in [-0.05, 0) is 51.1 Å². The number of carbonyl (C=O) groups excluding carboxylic acids is 2. The Morgan fingerprint density at radius 1 is 0.688 bits per heavy atom. The molecule has 0 saturated carbocycles. The molecule has 0 aliphatic heterocycles. The highest BCUT2D eigenvalue weighted by Gasteiger charge is 2.23. The Labute approximate surface area is 189 Å². The molecular weight excluding hydrogens is 404 g/mol. The molecule has 0 aliphatic rings. The van der Waals surface area contributed by atoms with E-state index < -0.39 is 0 Å². The van der Waals surface area contributed by atoms with Crippen LogP contribution in [0.15, 0.2) is 36.4 Å². The smallest absolute Gasteiger partial charge is 0.225 e. The molecule has 3 aromatic rings. The average Bonchev–Trinajstić information content (AvgIpc) is 2.72. The van der Waals surface area contributed by atoms with E-state index in [4.69, 9.17) is 0 Å². The number of fused-ring (bicyclic) bond motifs is 2. The first-order valence-corrected chi connectivity index (χ1v) is 10.7. The Morgan fingerprint density at radius 3 is 1.38 bits per heavy atom. The molecule has 1 aromatic heterocycles. The van der Waals surface area contributed by atoms with Crippen molar-refractivity contribution >= 4 is 45.0 Å². The fraction of sp³-hybridized carbons (Fsp3) is 0.417. The van der Waals surface area contributed by atoms with Crippen LogP contribution in [0.25, 0.3) is 21.5 Å². The van der Waals surface area contributed by atoms with Gasteiger partial charge in [0.15, 0.2) is 11.6 Å². The number of aromatic nitrogens is 2. The number of amides is 2. The third-order valence-electron chi connectivity index (χ3n) is 5.42. The van der Waals surface area contributed by atoms with Crippen LogP contribution in [0, 0.1) is 0 Å². The van der Waals surface area contributed by atoms with Crippen LogP contribution < -0.4 is 9.80 Å². The van der Waals surface area contributed by atoms with E-state index in [2.05, 4.69) is 10.2 Å². The molecule has 0 aliphatic carbocycles. The summed E-state index contributed by atoms with van der Waals surface area (Å²) in [4.78, 5) is 32.4. The molecule has 0 saturated heterocycles. The van der Waals surface area contributed by atoms with Crippen molar-refractivity contribution < 1.29 is 9.59 Å². The van der Waals surface area contributed by atoms with Crippen LogP contribution in [0.2, 0.25) is 0 Å². The fourth-order valence-electron chi connectivity index (χ4n) is 3.64. The minimum absolute atomic E-state index is 0.0978. The minimum Gasteiger partial charge on any atom is -0.308 e. The van der Waals surface area contributed by atoms with Crippen molar-refractivity contribution in [3.63, 3.8) is 0 Å². The summed E-state index contributed by atoms with van der Waals surface area (Å²) in [7, 11) is 7.87. The summed E-state index contributed by atoms with van der Waals surface area (Å²) in [6.07, 6.45) is 0. The predicted molar refractivity (Wildman–Crippen MR) is 130 cm³/mol. The highest BCUT2D eigenvalue weighted by molar-refractivity contribution is 6.12. The third-order valence-corrected chi connectivity index (χ3v) is 5.42. The van der Waals surface area contributed by atoms with Crippen LogP contribution >= 0.6 is 0 Å². The SMILES string of the molecule is CC(=O)N(CCN(C)C)c1nnc(N(CCN(C)C)C(C)=O)c2cc3ccccc3cc12. The van der Waals surface area contributed by atoms with E-state index in [9.17, 15) is 9.59 Å². The minimum atomic E-state index is -0.0978. The summed E-state index contributed by atoms with van der Waals surface area (Å²) in [5.74, 6) is 0.832. The van der Waals surface area contributed by atoms with Gasteiger partial charge in [0.25, 0.3) is 0 Å². The maximum Gasteiger partial charge on any atom is 0.225 e. The second kappa shape index (κ2) is 10.0. The number of hydrogen-bond donors (Lipinski definition) is 0. The summed E-state index contributed by atoms with van der Waals surface area (Å²) in [5.41, 5.74) is 0. The third kappa shape index (κ3) is 5.20. The Hall–Kier alpha value is -3.10. The molecule has 2 amide bonds. The lowest BCUT2D eigenvalue weighted by Crippen LogP contribution is -2.37. The monoisotopic (exact) mass is 436 g/mol. The van der Waals surface area contributed by atoms with E-state index in [1.54, 1.807) is 9.80 Å². The average molecular weight is 437 g/mol. The van der Waals surface area contributed by atoms with Gasteiger partial charge in [-0.3, -0.25) is 19.4 Å². The number of likely N-dealkylation sites (N-methyl/N-ethyl adjacent to an activating group) is 2. The predicted octanol–water partition coefficient (Wildman–Crippen LogP) is 2.61. The van der Waals surface area contributed by atoms with E-state index in [1.165, 1.54) is 13.8 Å². The highest BCUT2D eigenvalue weighted by Crippen LogP contribution is 2.34. The Morgan fingerprint density at radius 2 is 1.06 bits per heavy atom. The molecule has 0 bridgehead atoms. The van der Waals surface area contributed by atoms with Crippen molar-refractivity contribution in [2.24, 2.45) is 0 Å². The van der Waals surface area contributed by atoms with Crippen LogP contribution in [0.5, 0.6) is 0 Å². The standard InChI is InChI=1S/C24H32N6O2/c1-17(31)29(13-11-27(3)4)23-21-15-19-9-7-8-10-20(19)16-22(21)24(26-25-23)30(18(2)32)14-12-28(5)6/h7-10,15-16H,11-14H2,1-6H3. The van der Waals surface area contributed by atoms with Gasteiger partial charge < -0.3 is 9.80 Å². The molecule has 170 valence electrons. The van der Waals surface area contributed by atoms with Crippen LogP contribution in [0.1, 0.15) is 13.8 Å². The number of rotatable bonds is 8. The molecule has 0 atom stereocenters. The number of carbonyl (C=O) groups is 2. The zero-order valence-corrected chi connectivity index (χ0v) is 19.8. The van der Waals surface area contributed by atoms with Crippen LogP contribution in [0.3, 0.4) is 0 Å². The van der Waals surface area contributed by atoms with Gasteiger partial charge in [-0.25, -0.2) is 0 Å². The lowest BCUT2D eigenvalue weighted by Gasteiger charge is -2.26. The molecule has 8 heteroatoms. The zero-order valence-electron chi connectivity index (χ0n) is 19.8. The molecule has 0 unspecified atom stereocenters. The molecule has 0 N–H and O–H groups in total. The van der Waals surface area contributed by atoms with Crippen molar-refractivity contribution in [1.82, 2.24) is 20.0 Å². The van der Waals surface area contributed by atoms with Crippen molar-refractivity contribution in [2.75, 3.05) is 64.2 Å². The van der Waals surface area contributed by atoms with Gasteiger partial charge in [0.2, 0.25) is 11.8 Å². The van der Waals surface area contributed by atoms with Crippen molar-refractivity contribution in [2.45, 2.75) is 13.8 Å². The van der Waals surface area contributed by atoms with Gasteiger partial charge in [-0.1, -0.05) is 24.3 Å². The van der Waals surface area contributed by atoms with E-state index >= 15 is 0 Å². The number of hydrogen-bond acceptors (Lipinski definition) is 6. The van der Waals surface area contributed by atoms with Crippen molar-refractivity contribution in [3.05, 3.63) is 36.4 Å². The molecular formula is C24H32N6O2. The molecule has 3 rings (SSSR count). The van der Waals surface area contributed by atoms with Gasteiger partial charge in [0, 0.05) is 50.8 Å². The molecule has 1 heterocycles. The largest absolute Gasteiger partial charge is 0.308 e. The van der Waals surface area contributed by atoms with Gasteiger partial charge in [0.1, 0.15) is 0 Å². The molecule has 0 spiro atoms. The van der Waals surface area contributed by atoms with Crippen LogP contribution in [0.4, 0.5) is 11.6 Å². The Bertz CT molecular complexity index is 1040. The number of anilines is 2. The first-order chi connectivity index (χ1) is 15.2. The first kappa shape index (κ1) is 23.6. The Kier molecular flexibility index (Phi) is 7.37. The van der Waals surface area contributed by atoms with Gasteiger partial charge in [-0.2, -0.15) is 0 Å². The van der Waals surface area contributed by atoms with Crippen molar-refractivity contribution in [1.29, 1.82) is 0 Å². The summed E-state index contributed by atoms with van der Waals surface area (Å²) >= 11 is 0. The van der Waals surface area contributed by atoms with E-state index in [1.807, 2.05) is 74.4 Å². The molecule has 32 heavy (non-hydrogen) atoms.